The fourth-order valence-electron chi connectivity index (χ4n) is 1.74. The van der Waals surface area contributed by atoms with Crippen LogP contribution in [0.15, 0.2) is 62.8 Å². The van der Waals surface area contributed by atoms with Crippen LogP contribution < -0.4 is 10.5 Å². The molecular formula is C15H15BrN2O3S2. The van der Waals surface area contributed by atoms with Gasteiger partial charge in [-0.05, 0) is 55.5 Å². The molecule has 0 bridgehead atoms. The van der Waals surface area contributed by atoms with E-state index in [1.54, 1.807) is 6.92 Å². The first kappa shape index (κ1) is 18.0. The molecule has 0 unspecified atom stereocenters. The monoisotopic (exact) mass is 414 g/mol. The molecule has 0 aliphatic rings. The third kappa shape index (κ3) is 5.35. The van der Waals surface area contributed by atoms with Gasteiger partial charge in [0, 0.05) is 15.1 Å². The first-order valence-electron chi connectivity index (χ1n) is 6.61. The molecule has 0 fully saturated rings. The lowest BCUT2D eigenvalue weighted by atomic mass is 10.3. The quantitative estimate of drug-likeness (QED) is 0.734. The van der Waals surface area contributed by atoms with Gasteiger partial charge in [-0.1, -0.05) is 15.9 Å². The number of sulfonamides is 1. The zero-order valence-corrected chi connectivity index (χ0v) is 15.4. The molecule has 0 aromatic heterocycles. The number of carbonyl (C=O) groups excluding carboxylic acids is 1. The zero-order valence-electron chi connectivity index (χ0n) is 12.2. The Morgan fingerprint density at radius 3 is 2.22 bits per heavy atom. The number of hydrogen-bond acceptors (Lipinski definition) is 4. The lowest BCUT2D eigenvalue weighted by molar-refractivity contribution is -0.115. The Morgan fingerprint density at radius 2 is 1.70 bits per heavy atom. The highest BCUT2D eigenvalue weighted by atomic mass is 79.9. The van der Waals surface area contributed by atoms with Gasteiger partial charge in [0.25, 0.3) is 0 Å². The van der Waals surface area contributed by atoms with Crippen LogP contribution in [0.25, 0.3) is 0 Å². The van der Waals surface area contributed by atoms with Gasteiger partial charge in [-0.3, -0.25) is 4.79 Å². The fourth-order valence-corrected chi connectivity index (χ4v) is 3.39. The summed E-state index contributed by atoms with van der Waals surface area (Å²) < 4.78 is 23.4. The third-order valence-corrected chi connectivity index (χ3v) is 5.52. The van der Waals surface area contributed by atoms with E-state index in [4.69, 9.17) is 5.14 Å². The van der Waals surface area contributed by atoms with Gasteiger partial charge in [0.05, 0.1) is 10.1 Å². The molecule has 0 saturated carbocycles. The van der Waals surface area contributed by atoms with Crippen LogP contribution in [0.1, 0.15) is 6.92 Å². The predicted molar refractivity (Wildman–Crippen MR) is 95.9 cm³/mol. The summed E-state index contributed by atoms with van der Waals surface area (Å²) in [5, 5.41) is 7.48. The Morgan fingerprint density at radius 1 is 1.13 bits per heavy atom. The summed E-state index contributed by atoms with van der Waals surface area (Å²) in [6.45, 7) is 1.81. The van der Waals surface area contributed by atoms with Crippen molar-refractivity contribution in [3.05, 3.63) is 53.0 Å². The van der Waals surface area contributed by atoms with Crippen molar-refractivity contribution in [1.82, 2.24) is 0 Å². The minimum atomic E-state index is -3.73. The minimum absolute atomic E-state index is 0.00721. The molecule has 2 aromatic carbocycles. The van der Waals surface area contributed by atoms with Gasteiger partial charge in [0.1, 0.15) is 0 Å². The van der Waals surface area contributed by atoms with E-state index in [1.165, 1.54) is 36.0 Å². The van der Waals surface area contributed by atoms with E-state index < -0.39 is 10.0 Å². The number of nitrogens with one attached hydrogen (secondary N) is 1. The highest BCUT2D eigenvalue weighted by Crippen LogP contribution is 2.25. The van der Waals surface area contributed by atoms with Gasteiger partial charge in [-0.15, -0.1) is 11.8 Å². The number of carbonyl (C=O) groups is 1. The summed E-state index contributed by atoms with van der Waals surface area (Å²) in [6.07, 6.45) is 0. The first-order chi connectivity index (χ1) is 10.8. The number of hydrogen-bond donors (Lipinski definition) is 2. The third-order valence-electron chi connectivity index (χ3n) is 2.95. The van der Waals surface area contributed by atoms with Crippen molar-refractivity contribution in [2.75, 3.05) is 5.32 Å². The molecule has 2 rings (SSSR count). The van der Waals surface area contributed by atoms with Crippen molar-refractivity contribution in [2.24, 2.45) is 5.14 Å². The molecule has 3 N–H and O–H groups in total. The number of thioether (sulfide) groups is 1. The molecule has 0 heterocycles. The second-order valence-electron chi connectivity index (χ2n) is 4.77. The summed E-state index contributed by atoms with van der Waals surface area (Å²) in [5.74, 6) is -0.165. The number of halogens is 1. The van der Waals surface area contributed by atoms with Crippen molar-refractivity contribution in [3.8, 4) is 0 Å². The topological polar surface area (TPSA) is 89.3 Å². The second-order valence-corrected chi connectivity index (χ2v) is 8.66. The van der Waals surface area contributed by atoms with Crippen molar-refractivity contribution >= 4 is 49.3 Å². The summed E-state index contributed by atoms with van der Waals surface area (Å²) in [5.41, 5.74) is 0.519. The number of anilines is 1. The van der Waals surface area contributed by atoms with Crippen LogP contribution in [0.3, 0.4) is 0 Å². The van der Waals surface area contributed by atoms with Crippen LogP contribution in [0.4, 0.5) is 5.69 Å². The maximum atomic E-state index is 12.2. The van der Waals surface area contributed by atoms with Gasteiger partial charge < -0.3 is 5.32 Å². The van der Waals surface area contributed by atoms with Gasteiger partial charge in [-0.25, -0.2) is 13.6 Å². The van der Waals surface area contributed by atoms with Crippen LogP contribution in [0.2, 0.25) is 0 Å². The molecular weight excluding hydrogens is 400 g/mol. The highest BCUT2D eigenvalue weighted by Gasteiger charge is 2.15. The van der Waals surface area contributed by atoms with E-state index in [-0.39, 0.29) is 16.1 Å². The lowest BCUT2D eigenvalue weighted by Crippen LogP contribution is -2.22. The highest BCUT2D eigenvalue weighted by molar-refractivity contribution is 9.10. The molecule has 1 amide bonds. The molecule has 23 heavy (non-hydrogen) atoms. The van der Waals surface area contributed by atoms with E-state index in [1.807, 2.05) is 24.3 Å². The molecule has 1 atom stereocenters. The second kappa shape index (κ2) is 7.48. The Bertz CT molecular complexity index is 790. The Hall–Kier alpha value is -1.35. The minimum Gasteiger partial charge on any atom is -0.325 e. The van der Waals surface area contributed by atoms with Crippen LogP contribution in [0.5, 0.6) is 0 Å². The maximum absolute atomic E-state index is 12.2. The maximum Gasteiger partial charge on any atom is 0.238 e. The fraction of sp³-hybridized carbons (Fsp3) is 0.133. The number of primary sulfonamides is 1. The molecule has 8 heteroatoms. The summed E-state index contributed by atoms with van der Waals surface area (Å²) >= 11 is 4.80. The summed E-state index contributed by atoms with van der Waals surface area (Å²) in [7, 11) is -3.73. The Labute approximate surface area is 147 Å². The number of benzene rings is 2. The average Bonchev–Trinajstić information content (AvgIpc) is 2.49. The smallest absolute Gasteiger partial charge is 0.238 e. The molecule has 0 spiro atoms. The van der Waals surface area contributed by atoms with E-state index in [0.717, 1.165) is 9.37 Å². The largest absolute Gasteiger partial charge is 0.325 e. The normalized spacial score (nSPS) is 12.7. The van der Waals surface area contributed by atoms with Crippen molar-refractivity contribution in [2.45, 2.75) is 22.0 Å². The van der Waals surface area contributed by atoms with Crippen molar-refractivity contribution in [1.29, 1.82) is 0 Å². The van der Waals surface area contributed by atoms with E-state index >= 15 is 0 Å². The summed E-state index contributed by atoms with van der Waals surface area (Å²) in [6, 6.07) is 13.4. The van der Waals surface area contributed by atoms with Crippen LogP contribution in [-0.4, -0.2) is 19.6 Å². The Kier molecular flexibility index (Phi) is 5.85. The van der Waals surface area contributed by atoms with E-state index in [2.05, 4.69) is 21.2 Å². The molecule has 5 nitrogen and oxygen atoms in total. The van der Waals surface area contributed by atoms with Gasteiger partial charge >= 0.3 is 0 Å². The van der Waals surface area contributed by atoms with Gasteiger partial charge in [0.15, 0.2) is 0 Å². The number of rotatable bonds is 5. The van der Waals surface area contributed by atoms with Crippen LogP contribution in [0, 0.1) is 0 Å². The zero-order chi connectivity index (χ0) is 17.0. The van der Waals surface area contributed by atoms with E-state index in [0.29, 0.717) is 5.69 Å². The molecule has 2 aromatic rings. The van der Waals surface area contributed by atoms with Crippen LogP contribution in [-0.2, 0) is 14.8 Å². The number of amides is 1. The Balaban J connectivity index is 1.99. The molecule has 0 saturated heterocycles. The first-order valence-corrected chi connectivity index (χ1v) is 9.83. The van der Waals surface area contributed by atoms with Gasteiger partial charge in [0.2, 0.25) is 15.9 Å². The predicted octanol–water partition coefficient (Wildman–Crippen LogP) is 3.22. The lowest BCUT2D eigenvalue weighted by Gasteiger charge is -2.12. The SMILES string of the molecule is C[C@H](Sc1ccc(Br)cc1)C(=O)Nc1ccc(S(N)(=O)=O)cc1. The number of nitrogens with two attached hydrogens (primary N) is 1. The standard InChI is InChI=1S/C15H15BrN2O3S2/c1-10(22-13-6-2-11(16)3-7-13)15(19)18-12-4-8-14(9-5-12)23(17,20)21/h2-10H,1H3,(H,18,19)(H2,17,20,21)/t10-/m0/s1. The molecule has 0 aliphatic heterocycles. The molecule has 0 aliphatic carbocycles. The van der Waals surface area contributed by atoms with Gasteiger partial charge in [-0.2, -0.15) is 0 Å². The van der Waals surface area contributed by atoms with E-state index in [9.17, 15) is 13.2 Å². The van der Waals surface area contributed by atoms with Crippen molar-refractivity contribution < 1.29 is 13.2 Å². The summed E-state index contributed by atoms with van der Waals surface area (Å²) in [4.78, 5) is 13.2. The van der Waals surface area contributed by atoms with Crippen LogP contribution >= 0.6 is 27.7 Å². The average molecular weight is 415 g/mol. The molecule has 0 radical (unpaired) electrons. The van der Waals surface area contributed by atoms with Crippen molar-refractivity contribution in [3.63, 3.8) is 0 Å². The molecule has 122 valence electrons.